The zero-order valence-electron chi connectivity index (χ0n) is 18.2. The van der Waals surface area contributed by atoms with Crippen LogP contribution in [0.3, 0.4) is 0 Å². The topological polar surface area (TPSA) is 220 Å². The maximum atomic E-state index is 12.8. The molecule has 1 rings (SSSR count). The van der Waals surface area contributed by atoms with Gasteiger partial charge in [0.05, 0.1) is 19.0 Å². The number of hydrogen-bond acceptors (Lipinski definition) is 8. The third kappa shape index (κ3) is 7.90. The van der Waals surface area contributed by atoms with Crippen molar-refractivity contribution in [3.63, 3.8) is 0 Å². The molecule has 3 amide bonds. The first kappa shape index (κ1) is 27.0. The van der Waals surface area contributed by atoms with Gasteiger partial charge in [-0.05, 0) is 12.8 Å². The fourth-order valence-corrected chi connectivity index (χ4v) is 2.72. The summed E-state index contributed by atoms with van der Waals surface area (Å²) in [4.78, 5) is 55.6. The van der Waals surface area contributed by atoms with Gasteiger partial charge in [-0.15, -0.1) is 0 Å². The molecular formula is C19H32N6O7. The highest BCUT2D eigenvalue weighted by Crippen LogP contribution is 2.08. The molecule has 0 fully saturated rings. The predicted octanol–water partition coefficient (Wildman–Crippen LogP) is -2.76. The van der Waals surface area contributed by atoms with Crippen molar-refractivity contribution in [3.8, 4) is 0 Å². The van der Waals surface area contributed by atoms with Gasteiger partial charge in [-0.2, -0.15) is 0 Å². The van der Waals surface area contributed by atoms with Crippen LogP contribution in [0.2, 0.25) is 0 Å². The summed E-state index contributed by atoms with van der Waals surface area (Å²) >= 11 is 0. The average Bonchev–Trinajstić information content (AvgIpc) is 3.26. The van der Waals surface area contributed by atoms with Gasteiger partial charge in [-0.3, -0.25) is 14.4 Å². The van der Waals surface area contributed by atoms with E-state index in [0.717, 1.165) is 0 Å². The van der Waals surface area contributed by atoms with Crippen LogP contribution in [0.4, 0.5) is 0 Å². The summed E-state index contributed by atoms with van der Waals surface area (Å²) in [5, 5.41) is 35.5. The van der Waals surface area contributed by atoms with E-state index in [4.69, 9.17) is 5.73 Å². The molecule has 0 saturated heterocycles. The van der Waals surface area contributed by atoms with Gasteiger partial charge in [0, 0.05) is 18.3 Å². The SMILES string of the molecule is CCC(C)C(NC(=O)C(CO)NC(=O)C(Cc1cnc[nH]1)NC(=O)C(N)C(C)O)C(=O)O. The number of carboxylic acid groups (broad SMARTS) is 1. The molecule has 180 valence electrons. The second kappa shape index (κ2) is 12.7. The number of nitrogens with one attached hydrogen (secondary N) is 4. The predicted molar refractivity (Wildman–Crippen MR) is 112 cm³/mol. The number of nitrogens with two attached hydrogens (primary N) is 1. The smallest absolute Gasteiger partial charge is 0.326 e. The number of hydrogen-bond donors (Lipinski definition) is 8. The van der Waals surface area contributed by atoms with Crippen LogP contribution >= 0.6 is 0 Å². The highest BCUT2D eigenvalue weighted by molar-refractivity contribution is 5.94. The fourth-order valence-electron chi connectivity index (χ4n) is 2.72. The molecule has 0 aliphatic rings. The van der Waals surface area contributed by atoms with Crippen LogP contribution in [0.25, 0.3) is 0 Å². The molecular weight excluding hydrogens is 424 g/mol. The maximum Gasteiger partial charge on any atom is 0.326 e. The van der Waals surface area contributed by atoms with E-state index in [2.05, 4.69) is 25.9 Å². The molecule has 13 nitrogen and oxygen atoms in total. The Balaban J connectivity index is 2.95. The van der Waals surface area contributed by atoms with Crippen LogP contribution in [0, 0.1) is 5.92 Å². The van der Waals surface area contributed by atoms with Crippen LogP contribution in [0.1, 0.15) is 32.9 Å². The standard InChI is InChI=1S/C19H32N6O7/c1-4-9(2)15(19(31)32)25-17(29)13(7-26)24-16(28)12(5-11-6-21-8-22-11)23-18(30)14(20)10(3)27/h6,8-10,12-15,26-27H,4-5,7,20H2,1-3H3,(H,21,22)(H,23,30)(H,24,28)(H,25,29)(H,31,32). The van der Waals surface area contributed by atoms with Crippen LogP contribution < -0.4 is 21.7 Å². The van der Waals surface area contributed by atoms with E-state index >= 15 is 0 Å². The average molecular weight is 457 g/mol. The highest BCUT2D eigenvalue weighted by Gasteiger charge is 2.32. The highest BCUT2D eigenvalue weighted by atomic mass is 16.4. The minimum Gasteiger partial charge on any atom is -0.480 e. The summed E-state index contributed by atoms with van der Waals surface area (Å²) in [7, 11) is 0. The molecule has 1 heterocycles. The minimum absolute atomic E-state index is 0.0471. The van der Waals surface area contributed by atoms with Crippen molar-refractivity contribution in [2.24, 2.45) is 11.7 Å². The summed E-state index contributed by atoms with van der Waals surface area (Å²) in [5.74, 6) is -4.14. The van der Waals surface area contributed by atoms with Crippen molar-refractivity contribution in [2.45, 2.75) is 63.9 Å². The first-order valence-corrected chi connectivity index (χ1v) is 10.2. The van der Waals surface area contributed by atoms with Gasteiger partial charge in [-0.25, -0.2) is 9.78 Å². The van der Waals surface area contributed by atoms with Gasteiger partial charge in [0.25, 0.3) is 0 Å². The number of imidazole rings is 1. The molecule has 1 aromatic rings. The third-order valence-corrected chi connectivity index (χ3v) is 5.03. The molecule has 0 aliphatic carbocycles. The zero-order chi connectivity index (χ0) is 24.4. The largest absolute Gasteiger partial charge is 0.480 e. The number of carboxylic acids is 1. The third-order valence-electron chi connectivity index (χ3n) is 5.03. The van der Waals surface area contributed by atoms with Gasteiger partial charge in [-0.1, -0.05) is 20.3 Å². The Bertz CT molecular complexity index is 770. The van der Waals surface area contributed by atoms with Gasteiger partial charge in [0.2, 0.25) is 17.7 Å². The monoisotopic (exact) mass is 456 g/mol. The Morgan fingerprint density at radius 3 is 2.16 bits per heavy atom. The van der Waals surface area contributed by atoms with Crippen LogP contribution in [-0.2, 0) is 25.6 Å². The van der Waals surface area contributed by atoms with Crippen LogP contribution in [0.15, 0.2) is 12.5 Å². The summed E-state index contributed by atoms with van der Waals surface area (Å²) in [6.07, 6.45) is 2.07. The Hall–Kier alpha value is -3.03. The number of nitrogens with zero attached hydrogens (tertiary/aromatic N) is 1. The maximum absolute atomic E-state index is 12.8. The minimum atomic E-state index is -1.46. The molecule has 9 N–H and O–H groups in total. The Labute approximate surface area is 185 Å². The lowest BCUT2D eigenvalue weighted by Gasteiger charge is -2.25. The number of aliphatic carboxylic acids is 1. The lowest BCUT2D eigenvalue weighted by Crippen LogP contribution is -2.59. The van der Waals surface area contributed by atoms with Crippen molar-refractivity contribution >= 4 is 23.7 Å². The number of aromatic nitrogens is 2. The van der Waals surface area contributed by atoms with E-state index in [0.29, 0.717) is 12.1 Å². The normalized spacial score (nSPS) is 16.7. The summed E-state index contributed by atoms with van der Waals surface area (Å²) < 4.78 is 0. The first-order valence-electron chi connectivity index (χ1n) is 10.2. The van der Waals surface area contributed by atoms with E-state index in [-0.39, 0.29) is 12.3 Å². The molecule has 0 aromatic carbocycles. The van der Waals surface area contributed by atoms with Crippen LogP contribution in [0.5, 0.6) is 0 Å². The molecule has 0 spiro atoms. The number of carbonyl (C=O) groups excluding carboxylic acids is 3. The molecule has 6 unspecified atom stereocenters. The molecule has 0 aliphatic heterocycles. The second-order valence-electron chi connectivity index (χ2n) is 7.56. The van der Waals surface area contributed by atoms with Crippen molar-refractivity contribution < 1.29 is 34.5 Å². The Kier molecular flexibility index (Phi) is 10.7. The van der Waals surface area contributed by atoms with Crippen molar-refractivity contribution in [2.75, 3.05) is 6.61 Å². The summed E-state index contributed by atoms with van der Waals surface area (Å²) in [6, 6.07) is -5.18. The lowest BCUT2D eigenvalue weighted by molar-refractivity contribution is -0.144. The van der Waals surface area contributed by atoms with E-state index in [1.807, 2.05) is 0 Å². The molecule has 13 heteroatoms. The quantitative estimate of drug-likeness (QED) is 0.154. The first-order chi connectivity index (χ1) is 15.0. The van der Waals surface area contributed by atoms with E-state index < -0.39 is 60.6 Å². The van der Waals surface area contributed by atoms with Crippen LogP contribution in [-0.4, -0.2) is 85.9 Å². The van der Waals surface area contributed by atoms with E-state index in [1.165, 1.54) is 19.4 Å². The second-order valence-corrected chi connectivity index (χ2v) is 7.56. The van der Waals surface area contributed by atoms with Gasteiger partial charge >= 0.3 is 5.97 Å². The Morgan fingerprint density at radius 1 is 1.09 bits per heavy atom. The number of aromatic amines is 1. The Morgan fingerprint density at radius 2 is 1.69 bits per heavy atom. The van der Waals surface area contributed by atoms with E-state index in [1.54, 1.807) is 13.8 Å². The van der Waals surface area contributed by atoms with Crippen molar-refractivity contribution in [1.82, 2.24) is 25.9 Å². The molecule has 0 bridgehead atoms. The van der Waals surface area contributed by atoms with Crippen molar-refractivity contribution in [1.29, 1.82) is 0 Å². The molecule has 0 radical (unpaired) electrons. The molecule has 32 heavy (non-hydrogen) atoms. The number of amides is 3. The summed E-state index contributed by atoms with van der Waals surface area (Å²) in [5.41, 5.74) is 6.10. The van der Waals surface area contributed by atoms with Gasteiger partial charge in [0.15, 0.2) is 0 Å². The van der Waals surface area contributed by atoms with Crippen molar-refractivity contribution in [3.05, 3.63) is 18.2 Å². The molecule has 0 saturated carbocycles. The summed E-state index contributed by atoms with van der Waals surface area (Å²) in [6.45, 7) is 3.92. The fraction of sp³-hybridized carbons (Fsp3) is 0.632. The number of aliphatic hydroxyl groups excluding tert-OH is 2. The number of aliphatic hydroxyl groups is 2. The van der Waals surface area contributed by atoms with Gasteiger partial charge in [0.1, 0.15) is 24.2 Å². The lowest BCUT2D eigenvalue weighted by atomic mass is 9.99. The zero-order valence-corrected chi connectivity index (χ0v) is 18.2. The molecule has 6 atom stereocenters. The van der Waals surface area contributed by atoms with E-state index in [9.17, 15) is 34.5 Å². The van der Waals surface area contributed by atoms with Gasteiger partial charge < -0.3 is 42.0 Å². The number of H-pyrrole nitrogens is 1. The number of rotatable bonds is 13. The molecule has 1 aromatic heterocycles. The number of carbonyl (C=O) groups is 4.